The average molecular weight is 319 g/mol. The van der Waals surface area contributed by atoms with Crippen LogP contribution in [0, 0.1) is 0 Å². The normalized spacial score (nSPS) is 14.8. The number of halogens is 2. The highest BCUT2D eigenvalue weighted by Gasteiger charge is 2.14. The molecule has 23 heavy (non-hydrogen) atoms. The first kappa shape index (κ1) is 15.5. The van der Waals surface area contributed by atoms with Crippen molar-refractivity contribution >= 4 is 11.6 Å². The molecule has 0 bridgehead atoms. The number of nitrogens with one attached hydrogen (secondary N) is 1. The van der Waals surface area contributed by atoms with Gasteiger partial charge in [0.15, 0.2) is 5.96 Å². The number of hydrogen-bond acceptors (Lipinski definition) is 2. The van der Waals surface area contributed by atoms with Crippen LogP contribution in [0.5, 0.6) is 0 Å². The molecule has 1 aromatic heterocycles. The van der Waals surface area contributed by atoms with Gasteiger partial charge in [-0.15, -0.1) is 0 Å². The summed E-state index contributed by atoms with van der Waals surface area (Å²) in [6.07, 6.45) is 7.01. The molecule has 0 radical (unpaired) electrons. The second-order valence-corrected chi connectivity index (χ2v) is 5.51. The van der Waals surface area contributed by atoms with Gasteiger partial charge in [0, 0.05) is 18.1 Å². The molecule has 1 heterocycles. The Bertz CT molecular complexity index is 708. The molecule has 7 heteroatoms. The summed E-state index contributed by atoms with van der Waals surface area (Å²) in [5, 5.41) is 3.08. The van der Waals surface area contributed by atoms with E-state index in [1.807, 2.05) is 12.1 Å². The van der Waals surface area contributed by atoms with Gasteiger partial charge in [0.25, 0.3) is 0 Å². The number of fused-ring (bicyclic) bond motifs is 1. The van der Waals surface area contributed by atoms with Gasteiger partial charge in [-0.1, -0.05) is 12.1 Å². The van der Waals surface area contributed by atoms with Crippen molar-refractivity contribution in [2.75, 3.05) is 5.32 Å². The number of aromatic nitrogens is 2. The second kappa shape index (κ2) is 6.76. The summed E-state index contributed by atoms with van der Waals surface area (Å²) in [5.74, 6) is 0.382. The fourth-order valence-corrected chi connectivity index (χ4v) is 2.88. The molecule has 1 aromatic carbocycles. The Labute approximate surface area is 133 Å². The van der Waals surface area contributed by atoms with Crippen LogP contribution in [0.25, 0.3) is 0 Å². The van der Waals surface area contributed by atoms with Crippen LogP contribution in [0.1, 0.15) is 36.3 Å². The lowest BCUT2D eigenvalue weighted by Crippen LogP contribution is -2.24. The molecule has 3 N–H and O–H groups in total. The number of aryl methyl sites for hydroxylation is 1. The van der Waals surface area contributed by atoms with E-state index >= 15 is 0 Å². The van der Waals surface area contributed by atoms with Crippen LogP contribution in [0.2, 0.25) is 0 Å². The first-order chi connectivity index (χ1) is 11.1. The Balaban J connectivity index is 1.72. The number of rotatable bonds is 4. The molecule has 0 atom stereocenters. The third kappa shape index (κ3) is 3.49. The highest BCUT2D eigenvalue weighted by Crippen LogP contribution is 2.27. The van der Waals surface area contributed by atoms with Gasteiger partial charge in [0.1, 0.15) is 12.4 Å². The third-order valence-electron chi connectivity index (χ3n) is 4.01. The molecule has 1 aliphatic carbocycles. The molecule has 2 aromatic rings. The van der Waals surface area contributed by atoms with Gasteiger partial charge in [0.05, 0.1) is 0 Å². The Morgan fingerprint density at radius 2 is 2.17 bits per heavy atom. The predicted molar refractivity (Wildman–Crippen MR) is 85.5 cm³/mol. The second-order valence-electron chi connectivity index (χ2n) is 5.51. The van der Waals surface area contributed by atoms with Crippen LogP contribution in [0.15, 0.2) is 35.6 Å². The number of aliphatic imine (C=N–C) groups is 1. The molecule has 122 valence electrons. The molecular formula is C16H19F2N5. The maximum Gasteiger partial charge on any atom is 0.319 e. The van der Waals surface area contributed by atoms with Gasteiger partial charge in [-0.3, -0.25) is 4.57 Å². The van der Waals surface area contributed by atoms with Gasteiger partial charge < -0.3 is 11.1 Å². The van der Waals surface area contributed by atoms with Crippen LogP contribution in [0.4, 0.5) is 14.5 Å². The first-order valence-corrected chi connectivity index (χ1v) is 7.62. The van der Waals surface area contributed by atoms with E-state index < -0.39 is 6.55 Å². The lowest BCUT2D eigenvalue weighted by molar-refractivity contribution is 0.0671. The number of alkyl halides is 2. The minimum Gasteiger partial charge on any atom is -0.370 e. The molecule has 1 aliphatic rings. The Kier molecular flexibility index (Phi) is 4.55. The largest absolute Gasteiger partial charge is 0.370 e. The molecule has 0 amide bonds. The van der Waals surface area contributed by atoms with Crippen molar-refractivity contribution in [1.82, 2.24) is 9.55 Å². The van der Waals surface area contributed by atoms with Crippen LogP contribution in [0.3, 0.4) is 0 Å². The summed E-state index contributed by atoms with van der Waals surface area (Å²) in [4.78, 5) is 8.00. The molecule has 5 nitrogen and oxygen atoms in total. The smallest absolute Gasteiger partial charge is 0.319 e. The van der Waals surface area contributed by atoms with E-state index in [4.69, 9.17) is 5.73 Å². The van der Waals surface area contributed by atoms with Crippen LogP contribution in [-0.2, 0) is 19.4 Å². The lowest BCUT2D eigenvalue weighted by atomic mass is 9.90. The zero-order chi connectivity index (χ0) is 16.2. The van der Waals surface area contributed by atoms with Gasteiger partial charge in [-0.25, -0.2) is 9.98 Å². The van der Waals surface area contributed by atoms with Crippen LogP contribution in [-0.4, -0.2) is 15.5 Å². The van der Waals surface area contributed by atoms with Gasteiger partial charge >= 0.3 is 6.55 Å². The fourth-order valence-electron chi connectivity index (χ4n) is 2.88. The quantitative estimate of drug-likeness (QED) is 0.672. The van der Waals surface area contributed by atoms with Gasteiger partial charge in [-0.05, 0) is 42.9 Å². The number of imidazole rings is 1. The topological polar surface area (TPSA) is 68.2 Å². The fraction of sp³-hybridized carbons (Fsp3) is 0.375. The first-order valence-electron chi connectivity index (χ1n) is 7.62. The molecule has 0 unspecified atom stereocenters. The predicted octanol–water partition coefficient (Wildman–Crippen LogP) is 3.08. The van der Waals surface area contributed by atoms with E-state index in [0.717, 1.165) is 29.5 Å². The number of hydrogen-bond donors (Lipinski definition) is 2. The number of nitrogens with zero attached hydrogens (tertiary/aromatic N) is 3. The van der Waals surface area contributed by atoms with Crippen molar-refractivity contribution < 1.29 is 8.78 Å². The van der Waals surface area contributed by atoms with Crippen molar-refractivity contribution in [2.24, 2.45) is 10.7 Å². The number of anilines is 1. The maximum absolute atomic E-state index is 12.7. The Morgan fingerprint density at radius 1 is 1.35 bits per heavy atom. The minimum atomic E-state index is -2.63. The van der Waals surface area contributed by atoms with Crippen molar-refractivity contribution in [3.8, 4) is 0 Å². The summed E-state index contributed by atoms with van der Waals surface area (Å²) in [7, 11) is 0. The van der Waals surface area contributed by atoms with E-state index in [2.05, 4.69) is 21.4 Å². The summed E-state index contributed by atoms with van der Waals surface area (Å²) in [5.41, 5.74) is 9.45. The zero-order valence-electron chi connectivity index (χ0n) is 12.7. The van der Waals surface area contributed by atoms with E-state index in [-0.39, 0.29) is 18.3 Å². The highest BCUT2D eigenvalue weighted by molar-refractivity contribution is 5.93. The standard InChI is InChI=1S/C16H19F2N5/c17-15(18)23-9-8-20-14(23)10-21-16(19)22-13-7-3-5-11-4-1-2-6-12(11)13/h3,5,7-9,15H,1-2,4,6,10H2,(H3,19,21,22). The molecule has 0 spiro atoms. The van der Waals surface area contributed by atoms with Crippen molar-refractivity contribution in [3.63, 3.8) is 0 Å². The van der Waals surface area contributed by atoms with Crippen molar-refractivity contribution in [3.05, 3.63) is 47.5 Å². The van der Waals surface area contributed by atoms with E-state index in [1.165, 1.54) is 29.9 Å². The highest BCUT2D eigenvalue weighted by atomic mass is 19.3. The number of benzene rings is 1. The summed E-state index contributed by atoms with van der Waals surface area (Å²) in [6, 6.07) is 6.09. The summed E-state index contributed by atoms with van der Waals surface area (Å²) < 4.78 is 26.3. The third-order valence-corrected chi connectivity index (χ3v) is 4.01. The summed E-state index contributed by atoms with van der Waals surface area (Å²) >= 11 is 0. The van der Waals surface area contributed by atoms with Crippen LogP contribution >= 0.6 is 0 Å². The molecular weight excluding hydrogens is 300 g/mol. The monoisotopic (exact) mass is 319 g/mol. The lowest BCUT2D eigenvalue weighted by Gasteiger charge is -2.19. The minimum absolute atomic E-state index is 0.00516. The van der Waals surface area contributed by atoms with Crippen molar-refractivity contribution in [1.29, 1.82) is 0 Å². The molecule has 0 saturated carbocycles. The Morgan fingerprint density at radius 3 is 3.00 bits per heavy atom. The maximum atomic E-state index is 12.7. The molecule has 0 aliphatic heterocycles. The summed E-state index contributed by atoms with van der Waals surface area (Å²) in [6.45, 7) is -2.62. The average Bonchev–Trinajstić information content (AvgIpc) is 3.02. The van der Waals surface area contributed by atoms with E-state index in [9.17, 15) is 8.78 Å². The molecule has 3 rings (SSSR count). The zero-order valence-corrected chi connectivity index (χ0v) is 12.7. The van der Waals surface area contributed by atoms with E-state index in [1.54, 1.807) is 0 Å². The van der Waals surface area contributed by atoms with E-state index in [0.29, 0.717) is 0 Å². The van der Waals surface area contributed by atoms with Crippen molar-refractivity contribution in [2.45, 2.75) is 38.8 Å². The van der Waals surface area contributed by atoms with Gasteiger partial charge in [-0.2, -0.15) is 8.78 Å². The number of guanidine groups is 1. The SMILES string of the molecule is NC(=NCc1nccn1C(F)F)Nc1cccc2c1CCCC2. The van der Waals surface area contributed by atoms with Crippen LogP contribution < -0.4 is 11.1 Å². The van der Waals surface area contributed by atoms with Gasteiger partial charge in [0.2, 0.25) is 0 Å². The molecule has 0 saturated heterocycles. The Hall–Kier alpha value is -2.44. The molecule has 0 fully saturated rings. The number of nitrogens with two attached hydrogens (primary N) is 1.